The van der Waals surface area contributed by atoms with Crippen LogP contribution in [0.15, 0.2) is 0 Å². The van der Waals surface area contributed by atoms with Crippen molar-refractivity contribution in [3.05, 3.63) is 0 Å². The van der Waals surface area contributed by atoms with Crippen LogP contribution >= 0.6 is 0 Å². The van der Waals surface area contributed by atoms with Gasteiger partial charge >= 0.3 is 0 Å². The number of ether oxygens (including phenoxy) is 1. The molecule has 22 heavy (non-hydrogen) atoms. The van der Waals surface area contributed by atoms with Crippen LogP contribution in [-0.4, -0.2) is 81.9 Å². The van der Waals surface area contributed by atoms with Gasteiger partial charge in [-0.1, -0.05) is 6.42 Å². The molecule has 1 amide bonds. The summed E-state index contributed by atoms with van der Waals surface area (Å²) in [5.41, 5.74) is 0. The van der Waals surface area contributed by atoms with Gasteiger partial charge in [0.25, 0.3) is 0 Å². The number of carbonyl (C=O) groups is 1. The van der Waals surface area contributed by atoms with Crippen LogP contribution in [0, 0.1) is 0 Å². The zero-order chi connectivity index (χ0) is 16.2. The van der Waals surface area contributed by atoms with Crippen molar-refractivity contribution in [1.82, 2.24) is 14.5 Å². The molecule has 2 fully saturated rings. The van der Waals surface area contributed by atoms with Gasteiger partial charge in [0.1, 0.15) is 0 Å². The third kappa shape index (κ3) is 5.49. The van der Waals surface area contributed by atoms with Crippen molar-refractivity contribution in [2.45, 2.75) is 38.3 Å². The van der Waals surface area contributed by atoms with Crippen molar-refractivity contribution < 1.29 is 17.9 Å². The highest BCUT2D eigenvalue weighted by atomic mass is 32.2. The van der Waals surface area contributed by atoms with Gasteiger partial charge in [0.05, 0.1) is 25.5 Å². The molecule has 0 bridgehead atoms. The number of rotatable bonds is 5. The Morgan fingerprint density at radius 2 is 2.09 bits per heavy atom. The Morgan fingerprint density at radius 1 is 1.32 bits per heavy atom. The van der Waals surface area contributed by atoms with Gasteiger partial charge in [-0.15, -0.1) is 0 Å². The normalized spacial score (nSPS) is 27.8. The van der Waals surface area contributed by atoms with Gasteiger partial charge in [0.2, 0.25) is 15.9 Å². The summed E-state index contributed by atoms with van der Waals surface area (Å²) >= 11 is 0. The third-order valence-electron chi connectivity index (χ3n) is 4.26. The van der Waals surface area contributed by atoms with Crippen LogP contribution in [0.3, 0.4) is 0 Å². The molecule has 0 unspecified atom stereocenters. The predicted octanol–water partition coefficient (Wildman–Crippen LogP) is -0.363. The molecule has 0 aliphatic carbocycles. The zero-order valence-electron chi connectivity index (χ0n) is 13.5. The fourth-order valence-corrected chi connectivity index (χ4v) is 3.56. The van der Waals surface area contributed by atoms with E-state index in [9.17, 15) is 13.2 Å². The molecule has 2 aliphatic heterocycles. The number of hydrogen-bond acceptors (Lipinski definition) is 5. The van der Waals surface area contributed by atoms with E-state index in [2.05, 4.69) is 9.62 Å². The highest BCUT2D eigenvalue weighted by molar-refractivity contribution is 7.88. The monoisotopic (exact) mass is 333 g/mol. The molecule has 0 radical (unpaired) electrons. The first-order chi connectivity index (χ1) is 10.3. The number of nitrogens with zero attached hydrogens (tertiary/aromatic N) is 2. The Kier molecular flexibility index (Phi) is 6.19. The molecular formula is C14H27N3O4S. The molecule has 0 aromatic rings. The molecule has 2 aliphatic rings. The number of amides is 1. The summed E-state index contributed by atoms with van der Waals surface area (Å²) < 4.78 is 30.6. The van der Waals surface area contributed by atoms with Gasteiger partial charge in [-0.25, -0.2) is 13.1 Å². The minimum Gasteiger partial charge on any atom is -0.375 e. The Bertz CT molecular complexity index is 482. The summed E-state index contributed by atoms with van der Waals surface area (Å²) in [5.74, 6) is 0.112. The lowest BCUT2D eigenvalue weighted by Gasteiger charge is -2.38. The second-order valence-corrected chi connectivity index (χ2v) is 8.09. The SMILES string of the molecule is C[C@H]1CN(C(=O)CN2CCCC[C@H]2CNS(C)(=O)=O)CCO1. The van der Waals surface area contributed by atoms with E-state index in [0.29, 0.717) is 32.8 Å². The summed E-state index contributed by atoms with van der Waals surface area (Å²) in [6.45, 7) is 5.43. The summed E-state index contributed by atoms with van der Waals surface area (Å²) in [5, 5.41) is 0. The van der Waals surface area contributed by atoms with Crippen molar-refractivity contribution in [2.24, 2.45) is 0 Å². The molecule has 2 atom stereocenters. The maximum absolute atomic E-state index is 12.4. The molecule has 0 spiro atoms. The van der Waals surface area contributed by atoms with E-state index < -0.39 is 10.0 Å². The van der Waals surface area contributed by atoms with Crippen LogP contribution in [0.5, 0.6) is 0 Å². The van der Waals surface area contributed by atoms with E-state index in [1.165, 1.54) is 6.26 Å². The van der Waals surface area contributed by atoms with Gasteiger partial charge in [-0.05, 0) is 26.3 Å². The van der Waals surface area contributed by atoms with Crippen molar-refractivity contribution in [1.29, 1.82) is 0 Å². The number of morpholine rings is 1. The number of carbonyl (C=O) groups excluding carboxylic acids is 1. The van der Waals surface area contributed by atoms with Crippen molar-refractivity contribution in [2.75, 3.05) is 45.6 Å². The maximum Gasteiger partial charge on any atom is 0.236 e. The molecule has 0 aromatic heterocycles. The summed E-state index contributed by atoms with van der Waals surface area (Å²) in [6.07, 6.45) is 4.31. The molecule has 7 nitrogen and oxygen atoms in total. The van der Waals surface area contributed by atoms with Crippen molar-refractivity contribution in [3.8, 4) is 0 Å². The standard InChI is InChI=1S/C14H27N3O4S/c1-12-10-17(7-8-21-12)14(18)11-16-6-4-3-5-13(16)9-15-22(2,19)20/h12-13,15H,3-11H2,1-2H3/t12-,13-/m0/s1. The van der Waals surface area contributed by atoms with Gasteiger partial charge in [0.15, 0.2) is 0 Å². The minimum absolute atomic E-state index is 0.0850. The van der Waals surface area contributed by atoms with E-state index >= 15 is 0 Å². The second kappa shape index (κ2) is 7.72. The van der Waals surface area contributed by atoms with E-state index in [-0.39, 0.29) is 18.1 Å². The summed E-state index contributed by atoms with van der Waals surface area (Å²) in [4.78, 5) is 16.4. The lowest BCUT2D eigenvalue weighted by molar-refractivity contribution is -0.140. The van der Waals surface area contributed by atoms with Crippen LogP contribution < -0.4 is 4.72 Å². The second-order valence-electron chi connectivity index (χ2n) is 6.26. The molecule has 2 saturated heterocycles. The smallest absolute Gasteiger partial charge is 0.236 e. The van der Waals surface area contributed by atoms with E-state index in [1.54, 1.807) is 0 Å². The molecule has 1 N–H and O–H groups in total. The average Bonchev–Trinajstić information content (AvgIpc) is 2.45. The molecule has 0 saturated carbocycles. The van der Waals surface area contributed by atoms with E-state index in [0.717, 1.165) is 25.8 Å². The van der Waals surface area contributed by atoms with Crippen LogP contribution in [0.4, 0.5) is 0 Å². The van der Waals surface area contributed by atoms with Gasteiger partial charge < -0.3 is 9.64 Å². The largest absolute Gasteiger partial charge is 0.375 e. The molecule has 2 rings (SSSR count). The van der Waals surface area contributed by atoms with Gasteiger partial charge in [-0.3, -0.25) is 9.69 Å². The average molecular weight is 333 g/mol. The number of sulfonamides is 1. The van der Waals surface area contributed by atoms with Crippen molar-refractivity contribution >= 4 is 15.9 Å². The number of hydrogen-bond donors (Lipinski definition) is 1. The number of likely N-dealkylation sites (tertiary alicyclic amines) is 1. The molecule has 8 heteroatoms. The summed E-state index contributed by atoms with van der Waals surface area (Å²) in [7, 11) is -3.19. The van der Waals surface area contributed by atoms with Crippen molar-refractivity contribution in [3.63, 3.8) is 0 Å². The van der Waals surface area contributed by atoms with Crippen LogP contribution in [0.2, 0.25) is 0 Å². The van der Waals surface area contributed by atoms with Crippen LogP contribution in [0.1, 0.15) is 26.2 Å². The molecule has 0 aromatic carbocycles. The Labute approximate surface area is 133 Å². The Morgan fingerprint density at radius 3 is 2.77 bits per heavy atom. The first-order valence-corrected chi connectivity index (χ1v) is 9.82. The van der Waals surface area contributed by atoms with Gasteiger partial charge in [-0.2, -0.15) is 0 Å². The molecule has 128 valence electrons. The van der Waals surface area contributed by atoms with Crippen LogP contribution in [0.25, 0.3) is 0 Å². The zero-order valence-corrected chi connectivity index (χ0v) is 14.3. The third-order valence-corrected chi connectivity index (χ3v) is 4.95. The Balaban J connectivity index is 1.88. The quantitative estimate of drug-likeness (QED) is 0.743. The number of piperidine rings is 1. The van der Waals surface area contributed by atoms with Crippen LogP contribution in [-0.2, 0) is 19.6 Å². The lowest BCUT2D eigenvalue weighted by Crippen LogP contribution is -2.53. The topological polar surface area (TPSA) is 79.0 Å². The fraction of sp³-hybridized carbons (Fsp3) is 0.929. The first kappa shape index (κ1) is 17.7. The number of nitrogens with one attached hydrogen (secondary N) is 1. The van der Waals surface area contributed by atoms with Gasteiger partial charge in [0, 0.05) is 25.7 Å². The fourth-order valence-electron chi connectivity index (χ4n) is 3.07. The maximum atomic E-state index is 12.4. The molecule has 2 heterocycles. The lowest BCUT2D eigenvalue weighted by atomic mass is 10.0. The molecular weight excluding hydrogens is 306 g/mol. The Hall–Kier alpha value is -0.700. The highest BCUT2D eigenvalue weighted by Crippen LogP contribution is 2.17. The van der Waals surface area contributed by atoms with E-state index in [4.69, 9.17) is 4.74 Å². The predicted molar refractivity (Wildman–Crippen MR) is 84.1 cm³/mol. The van der Waals surface area contributed by atoms with E-state index in [1.807, 2.05) is 11.8 Å². The first-order valence-electron chi connectivity index (χ1n) is 7.93. The highest BCUT2D eigenvalue weighted by Gasteiger charge is 2.28. The summed E-state index contributed by atoms with van der Waals surface area (Å²) in [6, 6.07) is 0.103. The minimum atomic E-state index is -3.19.